The van der Waals surface area contributed by atoms with E-state index < -0.39 is 5.91 Å². The van der Waals surface area contributed by atoms with Gasteiger partial charge in [-0.2, -0.15) is 5.10 Å². The van der Waals surface area contributed by atoms with Crippen LogP contribution in [0.4, 0.5) is 5.69 Å². The lowest BCUT2D eigenvalue weighted by Gasteiger charge is -2.14. The maximum Gasteiger partial charge on any atom is 0.269 e. The number of hydrogen-bond acceptors (Lipinski definition) is 6. The van der Waals surface area contributed by atoms with Gasteiger partial charge in [-0.3, -0.25) is 9.89 Å². The highest BCUT2D eigenvalue weighted by atomic mass is 16.5. The van der Waals surface area contributed by atoms with Crippen LogP contribution in [0.3, 0.4) is 0 Å². The summed E-state index contributed by atoms with van der Waals surface area (Å²) in [6.45, 7) is 1.96. The predicted molar refractivity (Wildman–Crippen MR) is 114 cm³/mol. The Morgan fingerprint density at radius 3 is 2.60 bits per heavy atom. The van der Waals surface area contributed by atoms with E-state index in [9.17, 15) is 4.79 Å². The van der Waals surface area contributed by atoms with Crippen molar-refractivity contribution in [2.75, 3.05) is 5.73 Å². The molecule has 0 aliphatic heterocycles. The molecule has 1 aliphatic rings. The largest absolute Gasteiger partial charge is 0.490 e. The summed E-state index contributed by atoms with van der Waals surface area (Å²) in [4.78, 5) is 21.2. The molecule has 1 amide bonds. The molecule has 2 aromatic heterocycles. The minimum atomic E-state index is -0.705. The van der Waals surface area contributed by atoms with Gasteiger partial charge in [0.1, 0.15) is 5.75 Å². The third kappa shape index (κ3) is 3.12. The number of hydrogen-bond donors (Lipinski definition) is 3. The van der Waals surface area contributed by atoms with Crippen molar-refractivity contribution < 1.29 is 9.53 Å². The molecule has 0 atom stereocenters. The van der Waals surface area contributed by atoms with Crippen LogP contribution >= 0.6 is 0 Å². The van der Waals surface area contributed by atoms with Crippen LogP contribution in [0.2, 0.25) is 0 Å². The van der Waals surface area contributed by atoms with Crippen LogP contribution < -0.4 is 16.2 Å². The smallest absolute Gasteiger partial charge is 0.269 e. The van der Waals surface area contributed by atoms with Gasteiger partial charge in [0.25, 0.3) is 5.91 Å². The Labute approximate surface area is 172 Å². The van der Waals surface area contributed by atoms with Crippen LogP contribution in [-0.4, -0.2) is 32.2 Å². The van der Waals surface area contributed by atoms with Crippen molar-refractivity contribution in [2.24, 2.45) is 5.73 Å². The number of primary amides is 1. The number of aromatic nitrogens is 4. The molecule has 5 rings (SSSR count). The number of nitrogen functional groups attached to an aromatic ring is 1. The van der Waals surface area contributed by atoms with E-state index >= 15 is 0 Å². The maximum absolute atomic E-state index is 12.1. The molecule has 2 heterocycles. The maximum atomic E-state index is 12.1. The Morgan fingerprint density at radius 2 is 1.90 bits per heavy atom. The summed E-state index contributed by atoms with van der Waals surface area (Å²) in [5, 5.41) is 7.92. The van der Waals surface area contributed by atoms with E-state index in [0.29, 0.717) is 17.6 Å². The van der Waals surface area contributed by atoms with Crippen LogP contribution in [-0.2, 0) is 0 Å². The lowest BCUT2D eigenvalue weighted by atomic mass is 9.99. The van der Waals surface area contributed by atoms with Crippen molar-refractivity contribution in [3.8, 4) is 28.4 Å². The standard InChI is InChI=1S/C22H20N6O2/c1-11-2-9-16-15(10-25-28-16)17(11)19-18(23)20(21(24)29)27-22(26-19)12-3-5-13(6-4-12)30-14-7-8-14/h2-6,9-10,14H,7-8,23H2,1H3,(H2,24,29)(H,25,28). The SMILES string of the molecule is Cc1ccc2[nH]ncc2c1-c1nc(-c2ccc(OC3CC3)cc2)nc(C(N)=O)c1N. The molecule has 8 nitrogen and oxygen atoms in total. The fourth-order valence-corrected chi connectivity index (χ4v) is 3.48. The summed E-state index contributed by atoms with van der Waals surface area (Å²) < 4.78 is 5.80. The second-order valence-corrected chi connectivity index (χ2v) is 7.45. The molecule has 0 spiro atoms. The van der Waals surface area contributed by atoms with E-state index in [1.54, 1.807) is 6.20 Å². The molecule has 5 N–H and O–H groups in total. The number of ether oxygens (including phenoxy) is 1. The van der Waals surface area contributed by atoms with Crippen LogP contribution in [0.5, 0.6) is 5.75 Å². The van der Waals surface area contributed by atoms with Gasteiger partial charge in [0.05, 0.1) is 29.2 Å². The molecule has 8 heteroatoms. The number of aromatic amines is 1. The lowest BCUT2D eigenvalue weighted by molar-refractivity contribution is 0.0996. The molecule has 1 aliphatic carbocycles. The molecular formula is C22H20N6O2. The summed E-state index contributed by atoms with van der Waals surface area (Å²) >= 11 is 0. The second kappa shape index (κ2) is 6.84. The molecule has 1 saturated carbocycles. The molecule has 0 radical (unpaired) electrons. The normalized spacial score (nSPS) is 13.5. The Morgan fingerprint density at radius 1 is 1.13 bits per heavy atom. The van der Waals surface area contributed by atoms with E-state index in [4.69, 9.17) is 21.2 Å². The van der Waals surface area contributed by atoms with Gasteiger partial charge in [0.2, 0.25) is 0 Å². The summed E-state index contributed by atoms with van der Waals surface area (Å²) in [7, 11) is 0. The van der Waals surface area contributed by atoms with E-state index in [1.807, 2.05) is 43.3 Å². The molecule has 150 valence electrons. The van der Waals surface area contributed by atoms with Crippen molar-refractivity contribution in [3.05, 3.63) is 53.9 Å². The van der Waals surface area contributed by atoms with Gasteiger partial charge in [0, 0.05) is 16.5 Å². The van der Waals surface area contributed by atoms with Gasteiger partial charge in [-0.15, -0.1) is 0 Å². The van der Waals surface area contributed by atoms with Crippen molar-refractivity contribution >= 4 is 22.5 Å². The zero-order valence-corrected chi connectivity index (χ0v) is 16.3. The first-order chi connectivity index (χ1) is 14.5. The molecule has 2 aromatic carbocycles. The lowest BCUT2D eigenvalue weighted by Crippen LogP contribution is -2.18. The van der Waals surface area contributed by atoms with Gasteiger partial charge in [-0.1, -0.05) is 6.07 Å². The average molecular weight is 400 g/mol. The molecule has 4 aromatic rings. The Bertz CT molecular complexity index is 1280. The molecule has 1 fully saturated rings. The van der Waals surface area contributed by atoms with Crippen LogP contribution in [0.15, 0.2) is 42.6 Å². The topological polar surface area (TPSA) is 133 Å². The second-order valence-electron chi connectivity index (χ2n) is 7.45. The highest BCUT2D eigenvalue weighted by molar-refractivity contribution is 6.04. The van der Waals surface area contributed by atoms with Gasteiger partial charge < -0.3 is 16.2 Å². The number of nitrogens with two attached hydrogens (primary N) is 2. The van der Waals surface area contributed by atoms with Gasteiger partial charge in [-0.05, 0) is 55.7 Å². The zero-order valence-electron chi connectivity index (χ0n) is 16.3. The Balaban J connectivity index is 1.68. The first kappa shape index (κ1) is 18.1. The number of aryl methyl sites for hydroxylation is 1. The van der Waals surface area contributed by atoms with Crippen molar-refractivity contribution in [1.29, 1.82) is 0 Å². The van der Waals surface area contributed by atoms with E-state index in [0.717, 1.165) is 46.2 Å². The van der Waals surface area contributed by atoms with E-state index in [-0.39, 0.29) is 11.4 Å². The molecule has 30 heavy (non-hydrogen) atoms. The first-order valence-corrected chi connectivity index (χ1v) is 9.68. The number of nitrogens with zero attached hydrogens (tertiary/aromatic N) is 3. The first-order valence-electron chi connectivity index (χ1n) is 9.68. The summed E-state index contributed by atoms with van der Waals surface area (Å²) in [5.41, 5.74) is 15.8. The fourth-order valence-electron chi connectivity index (χ4n) is 3.48. The number of fused-ring (bicyclic) bond motifs is 1. The number of carbonyl (C=O) groups is 1. The average Bonchev–Trinajstić information content (AvgIpc) is 3.42. The van der Waals surface area contributed by atoms with E-state index in [2.05, 4.69) is 15.2 Å². The minimum absolute atomic E-state index is 0.00629. The van der Waals surface area contributed by atoms with Crippen molar-refractivity contribution in [1.82, 2.24) is 20.2 Å². The molecule has 0 saturated heterocycles. The highest BCUT2D eigenvalue weighted by Crippen LogP contribution is 2.36. The summed E-state index contributed by atoms with van der Waals surface area (Å²) in [6, 6.07) is 11.4. The van der Waals surface area contributed by atoms with Crippen LogP contribution in [0, 0.1) is 6.92 Å². The monoisotopic (exact) mass is 400 g/mol. The van der Waals surface area contributed by atoms with Crippen molar-refractivity contribution in [3.63, 3.8) is 0 Å². The molecular weight excluding hydrogens is 380 g/mol. The van der Waals surface area contributed by atoms with Crippen LogP contribution in [0.25, 0.3) is 33.5 Å². The quantitative estimate of drug-likeness (QED) is 0.471. The number of benzene rings is 2. The summed E-state index contributed by atoms with van der Waals surface area (Å²) in [5.74, 6) is 0.458. The van der Waals surface area contributed by atoms with Gasteiger partial charge >= 0.3 is 0 Å². The minimum Gasteiger partial charge on any atom is -0.490 e. The molecule has 0 bridgehead atoms. The predicted octanol–water partition coefficient (Wildman–Crippen LogP) is 3.22. The number of amides is 1. The van der Waals surface area contributed by atoms with Gasteiger partial charge in [-0.25, -0.2) is 9.97 Å². The number of nitrogens with one attached hydrogen (secondary N) is 1. The zero-order chi connectivity index (χ0) is 20.8. The third-order valence-corrected chi connectivity index (χ3v) is 5.19. The van der Waals surface area contributed by atoms with E-state index in [1.165, 1.54) is 0 Å². The number of carbonyl (C=O) groups excluding carboxylic acids is 1. The van der Waals surface area contributed by atoms with Gasteiger partial charge in [0.15, 0.2) is 11.5 Å². The molecule has 0 unspecified atom stereocenters. The van der Waals surface area contributed by atoms with Crippen LogP contribution in [0.1, 0.15) is 28.9 Å². The fraction of sp³-hybridized carbons (Fsp3) is 0.182. The Kier molecular flexibility index (Phi) is 4.13. The number of H-pyrrole nitrogens is 1. The highest BCUT2D eigenvalue weighted by Gasteiger charge is 2.24. The third-order valence-electron chi connectivity index (χ3n) is 5.19. The number of anilines is 1. The van der Waals surface area contributed by atoms with Crippen molar-refractivity contribution in [2.45, 2.75) is 25.9 Å². The summed E-state index contributed by atoms with van der Waals surface area (Å²) in [6.07, 6.45) is 4.21. The number of rotatable bonds is 5. The Hall–Kier alpha value is -3.94.